The van der Waals surface area contributed by atoms with E-state index in [2.05, 4.69) is 64.6 Å². The maximum absolute atomic E-state index is 12.3. The number of nitrogens with zero attached hydrogens (tertiary/aromatic N) is 1. The molecule has 0 unspecified atom stereocenters. The second kappa shape index (κ2) is 6.22. The van der Waals surface area contributed by atoms with Crippen molar-refractivity contribution in [3.8, 4) is 22.5 Å². The molecule has 0 fully saturated rings. The molecule has 0 atom stereocenters. The van der Waals surface area contributed by atoms with Gasteiger partial charge in [-0.15, -0.1) is 0 Å². The summed E-state index contributed by atoms with van der Waals surface area (Å²) in [5, 5.41) is 3.05. The Morgan fingerprint density at radius 1 is 0.630 bits per heavy atom. The second-order valence-corrected chi connectivity index (χ2v) is 6.54. The van der Waals surface area contributed by atoms with Gasteiger partial charge in [0, 0.05) is 5.56 Å². The average molecular weight is 348 g/mol. The maximum Gasteiger partial charge on any atom is 0.259 e. The maximum atomic E-state index is 12.3. The van der Waals surface area contributed by atoms with E-state index >= 15 is 0 Å². The number of aromatic amines is 1. The Kier molecular flexibility index (Phi) is 3.58. The fourth-order valence-corrected chi connectivity index (χ4v) is 3.51. The Morgan fingerprint density at radius 3 is 2.15 bits per heavy atom. The first-order valence-corrected chi connectivity index (χ1v) is 8.87. The molecule has 3 heteroatoms. The van der Waals surface area contributed by atoms with Crippen LogP contribution in [0.3, 0.4) is 0 Å². The molecule has 0 saturated carbocycles. The summed E-state index contributed by atoms with van der Waals surface area (Å²) >= 11 is 0. The van der Waals surface area contributed by atoms with Gasteiger partial charge in [0.15, 0.2) is 0 Å². The smallest absolute Gasteiger partial charge is 0.259 e. The van der Waals surface area contributed by atoms with Crippen LogP contribution in [0.2, 0.25) is 0 Å². The zero-order valence-corrected chi connectivity index (χ0v) is 14.5. The van der Waals surface area contributed by atoms with Crippen molar-refractivity contribution in [3.63, 3.8) is 0 Å². The Morgan fingerprint density at radius 2 is 1.30 bits per heavy atom. The summed E-state index contributed by atoms with van der Waals surface area (Å²) in [7, 11) is 0. The minimum atomic E-state index is -0.117. The normalized spacial score (nSPS) is 11.1. The van der Waals surface area contributed by atoms with Gasteiger partial charge in [-0.25, -0.2) is 4.98 Å². The van der Waals surface area contributed by atoms with Gasteiger partial charge in [0.25, 0.3) is 5.56 Å². The number of nitrogens with one attached hydrogen (secondary N) is 1. The number of aromatic nitrogens is 2. The Bertz CT molecular complexity index is 1330. The van der Waals surface area contributed by atoms with Crippen molar-refractivity contribution >= 4 is 21.7 Å². The lowest BCUT2D eigenvalue weighted by Gasteiger charge is -2.08. The monoisotopic (exact) mass is 348 g/mol. The molecule has 0 radical (unpaired) electrons. The molecule has 128 valence electrons. The van der Waals surface area contributed by atoms with Crippen LogP contribution >= 0.6 is 0 Å². The van der Waals surface area contributed by atoms with E-state index in [0.29, 0.717) is 16.7 Å². The van der Waals surface area contributed by atoms with Crippen molar-refractivity contribution < 1.29 is 0 Å². The topological polar surface area (TPSA) is 45.8 Å². The minimum Gasteiger partial charge on any atom is -0.306 e. The van der Waals surface area contributed by atoms with Crippen LogP contribution < -0.4 is 5.56 Å². The Labute approximate surface area is 156 Å². The molecule has 0 aliphatic carbocycles. The largest absolute Gasteiger partial charge is 0.306 e. The van der Waals surface area contributed by atoms with E-state index in [0.717, 1.165) is 11.1 Å². The summed E-state index contributed by atoms with van der Waals surface area (Å²) in [4.78, 5) is 19.8. The average Bonchev–Trinajstić information content (AvgIpc) is 2.73. The first-order valence-electron chi connectivity index (χ1n) is 8.87. The Balaban J connectivity index is 1.60. The van der Waals surface area contributed by atoms with Crippen LogP contribution in [-0.4, -0.2) is 9.97 Å². The number of rotatable bonds is 2. The zero-order valence-electron chi connectivity index (χ0n) is 14.5. The van der Waals surface area contributed by atoms with Gasteiger partial charge in [-0.2, -0.15) is 0 Å². The highest BCUT2D eigenvalue weighted by Crippen LogP contribution is 2.29. The van der Waals surface area contributed by atoms with Gasteiger partial charge in [-0.3, -0.25) is 4.79 Å². The van der Waals surface area contributed by atoms with Gasteiger partial charge in [0.1, 0.15) is 5.82 Å². The lowest BCUT2D eigenvalue weighted by Crippen LogP contribution is -2.09. The summed E-state index contributed by atoms with van der Waals surface area (Å²) in [6.45, 7) is 0. The molecule has 0 saturated heterocycles. The highest BCUT2D eigenvalue weighted by molar-refractivity contribution is 5.96. The van der Waals surface area contributed by atoms with Gasteiger partial charge >= 0.3 is 0 Å². The summed E-state index contributed by atoms with van der Waals surface area (Å²) in [5.41, 5.74) is 3.81. The predicted octanol–water partition coefficient (Wildman–Crippen LogP) is 5.41. The molecule has 5 aromatic rings. The van der Waals surface area contributed by atoms with E-state index in [4.69, 9.17) is 0 Å². The first-order chi connectivity index (χ1) is 13.3. The molecule has 0 bridgehead atoms. The lowest BCUT2D eigenvalue weighted by atomic mass is 9.97. The molecule has 0 aliphatic rings. The number of para-hydroxylation sites is 1. The van der Waals surface area contributed by atoms with E-state index < -0.39 is 0 Å². The zero-order chi connectivity index (χ0) is 18.2. The number of benzene rings is 4. The van der Waals surface area contributed by atoms with E-state index in [1.54, 1.807) is 6.07 Å². The second-order valence-electron chi connectivity index (χ2n) is 6.54. The molecule has 0 amide bonds. The van der Waals surface area contributed by atoms with Gasteiger partial charge in [-0.1, -0.05) is 78.9 Å². The molecule has 1 N–H and O–H groups in total. The fourth-order valence-electron chi connectivity index (χ4n) is 3.51. The van der Waals surface area contributed by atoms with Crippen LogP contribution in [0.5, 0.6) is 0 Å². The summed E-state index contributed by atoms with van der Waals surface area (Å²) in [6, 6.07) is 30.2. The SMILES string of the molecule is O=c1[nH]c(-c2ccc(-c3cccc4ccccc34)cc2)nc2ccccc12. The molecule has 4 aromatic carbocycles. The van der Waals surface area contributed by atoms with Crippen molar-refractivity contribution in [1.29, 1.82) is 0 Å². The van der Waals surface area contributed by atoms with Crippen LogP contribution in [0.1, 0.15) is 0 Å². The van der Waals surface area contributed by atoms with Crippen molar-refractivity contribution in [2.75, 3.05) is 0 Å². The van der Waals surface area contributed by atoms with Crippen LogP contribution in [0.4, 0.5) is 0 Å². The summed E-state index contributed by atoms with van der Waals surface area (Å²) in [6.07, 6.45) is 0. The molecule has 1 heterocycles. The quantitative estimate of drug-likeness (QED) is 0.463. The molecule has 27 heavy (non-hydrogen) atoms. The number of fused-ring (bicyclic) bond motifs is 2. The molecule has 1 aromatic heterocycles. The lowest BCUT2D eigenvalue weighted by molar-refractivity contribution is 1.18. The first kappa shape index (κ1) is 15.5. The Hall–Kier alpha value is -3.72. The van der Waals surface area contributed by atoms with Crippen molar-refractivity contribution in [3.05, 3.63) is 101 Å². The molecular formula is C24H16N2O. The van der Waals surface area contributed by atoms with Crippen LogP contribution in [0.25, 0.3) is 44.2 Å². The van der Waals surface area contributed by atoms with E-state index in [1.165, 1.54) is 16.3 Å². The molecule has 0 aliphatic heterocycles. The van der Waals surface area contributed by atoms with Crippen LogP contribution in [-0.2, 0) is 0 Å². The summed E-state index contributed by atoms with van der Waals surface area (Å²) < 4.78 is 0. The molecule has 5 rings (SSSR count). The summed E-state index contributed by atoms with van der Waals surface area (Å²) in [5.74, 6) is 0.586. The molecular weight excluding hydrogens is 332 g/mol. The van der Waals surface area contributed by atoms with Crippen molar-refractivity contribution in [2.45, 2.75) is 0 Å². The third-order valence-electron chi connectivity index (χ3n) is 4.87. The van der Waals surface area contributed by atoms with Gasteiger partial charge in [0.2, 0.25) is 0 Å². The van der Waals surface area contributed by atoms with Crippen LogP contribution in [0.15, 0.2) is 95.8 Å². The predicted molar refractivity (Wildman–Crippen MR) is 111 cm³/mol. The number of hydrogen-bond acceptors (Lipinski definition) is 2. The van der Waals surface area contributed by atoms with E-state index in [-0.39, 0.29) is 5.56 Å². The van der Waals surface area contributed by atoms with Crippen molar-refractivity contribution in [1.82, 2.24) is 9.97 Å². The van der Waals surface area contributed by atoms with E-state index in [9.17, 15) is 4.79 Å². The highest BCUT2D eigenvalue weighted by Gasteiger charge is 2.07. The number of H-pyrrole nitrogens is 1. The van der Waals surface area contributed by atoms with Crippen molar-refractivity contribution in [2.24, 2.45) is 0 Å². The number of hydrogen-bond donors (Lipinski definition) is 1. The van der Waals surface area contributed by atoms with Crippen LogP contribution in [0, 0.1) is 0 Å². The van der Waals surface area contributed by atoms with E-state index in [1.807, 2.05) is 30.3 Å². The van der Waals surface area contributed by atoms with Gasteiger partial charge < -0.3 is 4.98 Å². The molecule has 0 spiro atoms. The van der Waals surface area contributed by atoms with Gasteiger partial charge in [-0.05, 0) is 34.0 Å². The fraction of sp³-hybridized carbons (Fsp3) is 0. The molecule has 3 nitrogen and oxygen atoms in total. The third kappa shape index (κ3) is 2.70. The minimum absolute atomic E-state index is 0.117. The highest BCUT2D eigenvalue weighted by atomic mass is 16.1. The van der Waals surface area contributed by atoms with Gasteiger partial charge in [0.05, 0.1) is 10.9 Å². The third-order valence-corrected chi connectivity index (χ3v) is 4.87. The standard InChI is InChI=1S/C24H16N2O/c27-24-21-9-3-4-11-22(21)25-23(26-24)18-14-12-17(13-15-18)20-10-5-7-16-6-1-2-8-19(16)20/h1-15H,(H,25,26,27).